The molecule has 3 N–H and O–H groups in total. The van der Waals surface area contributed by atoms with Crippen LogP contribution < -0.4 is 11.3 Å². The highest BCUT2D eigenvalue weighted by Crippen LogP contribution is 2.17. The van der Waals surface area contributed by atoms with Crippen molar-refractivity contribution in [2.24, 2.45) is 11.8 Å². The maximum absolute atomic E-state index is 11.2. The van der Waals surface area contributed by atoms with E-state index in [2.05, 4.69) is 17.2 Å². The minimum atomic E-state index is -0.0900. The second-order valence-electron chi connectivity index (χ2n) is 3.93. The Balaban J connectivity index is 2.45. The molecule has 1 rings (SSSR count). The second kappa shape index (κ2) is 4.58. The molecule has 0 aromatic rings. The predicted molar refractivity (Wildman–Crippen MR) is 51.8 cm³/mol. The van der Waals surface area contributed by atoms with Gasteiger partial charge in [0.15, 0.2) is 0 Å². The SMILES string of the molecule is C[C@H]1CCCN([C@@H](C)C(=O)NN)C1. The highest BCUT2D eigenvalue weighted by molar-refractivity contribution is 5.80. The molecule has 0 aromatic carbocycles. The van der Waals surface area contributed by atoms with Gasteiger partial charge in [0.2, 0.25) is 0 Å². The molecule has 0 bridgehead atoms. The van der Waals surface area contributed by atoms with E-state index < -0.39 is 0 Å². The van der Waals surface area contributed by atoms with E-state index in [0.29, 0.717) is 5.92 Å². The molecule has 0 saturated carbocycles. The van der Waals surface area contributed by atoms with Crippen LogP contribution in [0.4, 0.5) is 0 Å². The molecule has 4 nitrogen and oxygen atoms in total. The van der Waals surface area contributed by atoms with Crippen molar-refractivity contribution in [2.45, 2.75) is 32.7 Å². The smallest absolute Gasteiger partial charge is 0.250 e. The zero-order valence-electron chi connectivity index (χ0n) is 8.42. The Morgan fingerprint density at radius 3 is 2.92 bits per heavy atom. The van der Waals surface area contributed by atoms with Crippen molar-refractivity contribution in [1.29, 1.82) is 0 Å². The Bertz CT molecular complexity index is 184. The van der Waals surface area contributed by atoms with Crippen LogP contribution in [-0.2, 0) is 4.79 Å². The molecule has 1 amide bonds. The number of hydrazine groups is 1. The van der Waals surface area contributed by atoms with E-state index >= 15 is 0 Å². The molecular weight excluding hydrogens is 166 g/mol. The molecule has 13 heavy (non-hydrogen) atoms. The number of likely N-dealkylation sites (tertiary alicyclic amines) is 1. The van der Waals surface area contributed by atoms with Gasteiger partial charge >= 0.3 is 0 Å². The summed E-state index contributed by atoms with van der Waals surface area (Å²) in [4.78, 5) is 13.4. The molecule has 1 heterocycles. The van der Waals surface area contributed by atoms with Crippen molar-refractivity contribution in [2.75, 3.05) is 13.1 Å². The summed E-state index contributed by atoms with van der Waals surface area (Å²) in [7, 11) is 0. The highest BCUT2D eigenvalue weighted by Gasteiger charge is 2.24. The standard InChI is InChI=1S/C9H19N3O/c1-7-4-3-5-12(6-7)8(2)9(13)11-10/h7-8H,3-6,10H2,1-2H3,(H,11,13)/t7-,8-/m0/s1. The molecule has 0 aromatic heterocycles. The van der Waals surface area contributed by atoms with Crippen LogP contribution in [-0.4, -0.2) is 29.9 Å². The number of amides is 1. The number of carbonyl (C=O) groups excluding carboxylic acids is 1. The second-order valence-corrected chi connectivity index (χ2v) is 3.93. The molecule has 0 unspecified atom stereocenters. The molecule has 76 valence electrons. The third-order valence-electron chi connectivity index (χ3n) is 2.76. The topological polar surface area (TPSA) is 58.4 Å². The molecule has 0 spiro atoms. The lowest BCUT2D eigenvalue weighted by Crippen LogP contribution is -2.50. The van der Waals surface area contributed by atoms with E-state index in [4.69, 9.17) is 5.84 Å². The Kier molecular flexibility index (Phi) is 3.69. The molecule has 1 fully saturated rings. The predicted octanol–water partition coefficient (Wildman–Crippen LogP) is 0.0967. The molecule has 1 aliphatic rings. The Morgan fingerprint density at radius 1 is 1.69 bits per heavy atom. The van der Waals surface area contributed by atoms with Gasteiger partial charge in [-0.1, -0.05) is 6.92 Å². The maximum atomic E-state index is 11.2. The summed E-state index contributed by atoms with van der Waals surface area (Å²) in [5.41, 5.74) is 2.20. The molecule has 2 atom stereocenters. The highest BCUT2D eigenvalue weighted by atomic mass is 16.2. The number of nitrogens with zero attached hydrogens (tertiary/aromatic N) is 1. The number of hydrogen-bond donors (Lipinski definition) is 2. The first-order valence-corrected chi connectivity index (χ1v) is 4.89. The third kappa shape index (κ3) is 2.67. The van der Waals surface area contributed by atoms with E-state index in [1.165, 1.54) is 12.8 Å². The first-order chi connectivity index (χ1) is 6.15. The van der Waals surface area contributed by atoms with Gasteiger partial charge < -0.3 is 0 Å². The number of hydrogen-bond acceptors (Lipinski definition) is 3. The third-order valence-corrected chi connectivity index (χ3v) is 2.76. The summed E-state index contributed by atoms with van der Waals surface area (Å²) in [6.07, 6.45) is 2.46. The largest absolute Gasteiger partial charge is 0.293 e. The van der Waals surface area contributed by atoms with Crippen LogP contribution in [0.2, 0.25) is 0 Å². The van der Waals surface area contributed by atoms with Gasteiger partial charge in [0.1, 0.15) is 0 Å². The molecular formula is C9H19N3O. The van der Waals surface area contributed by atoms with E-state index in [-0.39, 0.29) is 11.9 Å². The first kappa shape index (κ1) is 10.5. The van der Waals surface area contributed by atoms with Crippen LogP contribution >= 0.6 is 0 Å². The monoisotopic (exact) mass is 185 g/mol. The molecule has 0 radical (unpaired) electrons. The van der Waals surface area contributed by atoms with Crippen LogP contribution in [0.1, 0.15) is 26.7 Å². The Hall–Kier alpha value is -0.610. The van der Waals surface area contributed by atoms with Crippen LogP contribution in [0, 0.1) is 5.92 Å². The molecule has 1 aliphatic heterocycles. The minimum absolute atomic E-state index is 0.0888. The summed E-state index contributed by atoms with van der Waals surface area (Å²) in [6, 6.07) is -0.0900. The molecule has 1 saturated heterocycles. The molecule has 0 aliphatic carbocycles. The number of piperidine rings is 1. The van der Waals surface area contributed by atoms with Crippen LogP contribution in [0.15, 0.2) is 0 Å². The minimum Gasteiger partial charge on any atom is -0.293 e. The zero-order chi connectivity index (χ0) is 9.84. The van der Waals surface area contributed by atoms with E-state index in [1.54, 1.807) is 0 Å². The van der Waals surface area contributed by atoms with Gasteiger partial charge in [0.25, 0.3) is 5.91 Å². The summed E-state index contributed by atoms with van der Waals surface area (Å²) in [6.45, 7) is 6.15. The summed E-state index contributed by atoms with van der Waals surface area (Å²) in [5, 5.41) is 0. The van der Waals surface area contributed by atoms with Gasteiger partial charge in [-0.2, -0.15) is 0 Å². The Morgan fingerprint density at radius 2 is 2.38 bits per heavy atom. The summed E-state index contributed by atoms with van der Waals surface area (Å²) >= 11 is 0. The lowest BCUT2D eigenvalue weighted by atomic mass is 9.99. The van der Waals surface area contributed by atoms with Gasteiger partial charge in [-0.3, -0.25) is 15.1 Å². The van der Waals surface area contributed by atoms with Gasteiger partial charge in [-0.15, -0.1) is 0 Å². The van der Waals surface area contributed by atoms with Gasteiger partial charge in [0, 0.05) is 6.54 Å². The van der Waals surface area contributed by atoms with Crippen molar-refractivity contribution in [3.63, 3.8) is 0 Å². The van der Waals surface area contributed by atoms with Crippen molar-refractivity contribution < 1.29 is 4.79 Å². The number of nitrogens with two attached hydrogens (primary N) is 1. The van der Waals surface area contributed by atoms with Crippen LogP contribution in [0.3, 0.4) is 0 Å². The van der Waals surface area contributed by atoms with Crippen LogP contribution in [0.5, 0.6) is 0 Å². The average molecular weight is 185 g/mol. The van der Waals surface area contributed by atoms with E-state index in [9.17, 15) is 4.79 Å². The Labute approximate surface area is 79.4 Å². The normalized spacial score (nSPS) is 26.8. The summed E-state index contributed by atoms with van der Waals surface area (Å²) in [5.74, 6) is 5.70. The fraction of sp³-hybridized carbons (Fsp3) is 0.889. The number of carbonyl (C=O) groups is 1. The van der Waals surface area contributed by atoms with E-state index in [1.807, 2.05) is 6.92 Å². The van der Waals surface area contributed by atoms with Gasteiger partial charge in [-0.05, 0) is 32.2 Å². The van der Waals surface area contributed by atoms with Crippen molar-refractivity contribution in [3.8, 4) is 0 Å². The average Bonchev–Trinajstić information content (AvgIpc) is 2.15. The summed E-state index contributed by atoms with van der Waals surface area (Å²) < 4.78 is 0. The van der Waals surface area contributed by atoms with Crippen LogP contribution in [0.25, 0.3) is 0 Å². The van der Waals surface area contributed by atoms with Crippen molar-refractivity contribution in [1.82, 2.24) is 10.3 Å². The quantitative estimate of drug-likeness (QED) is 0.364. The van der Waals surface area contributed by atoms with Gasteiger partial charge in [0.05, 0.1) is 6.04 Å². The first-order valence-electron chi connectivity index (χ1n) is 4.89. The number of rotatable bonds is 2. The van der Waals surface area contributed by atoms with Crippen molar-refractivity contribution in [3.05, 3.63) is 0 Å². The van der Waals surface area contributed by atoms with E-state index in [0.717, 1.165) is 13.1 Å². The van der Waals surface area contributed by atoms with Gasteiger partial charge in [-0.25, -0.2) is 5.84 Å². The lowest BCUT2D eigenvalue weighted by molar-refractivity contribution is -0.126. The fourth-order valence-electron chi connectivity index (χ4n) is 1.86. The lowest BCUT2D eigenvalue weighted by Gasteiger charge is -2.34. The zero-order valence-corrected chi connectivity index (χ0v) is 8.42. The van der Waals surface area contributed by atoms with Crippen molar-refractivity contribution >= 4 is 5.91 Å². The number of nitrogens with one attached hydrogen (secondary N) is 1. The fourth-order valence-corrected chi connectivity index (χ4v) is 1.86. The molecule has 4 heteroatoms. The maximum Gasteiger partial charge on any atom is 0.250 e.